The number of pyridine rings is 1. The Morgan fingerprint density at radius 3 is 2.54 bits per heavy atom. The average molecular weight is 452 g/mol. The van der Waals surface area contributed by atoms with Crippen LogP contribution in [0.15, 0.2) is 31.0 Å². The van der Waals surface area contributed by atoms with E-state index < -0.39 is 24.0 Å². The van der Waals surface area contributed by atoms with Crippen molar-refractivity contribution in [2.75, 3.05) is 0 Å². The Bertz CT molecular complexity index is 896. The Kier molecular flexibility index (Phi) is 4.32. The highest BCUT2D eigenvalue weighted by Gasteiger charge is 2.38. The predicted molar refractivity (Wildman–Crippen MR) is 85.0 cm³/mol. The normalized spacial score (nSPS) is 13.2. The fourth-order valence-corrected chi connectivity index (χ4v) is 2.47. The average Bonchev–Trinajstić information content (AvgIpc) is 2.89. The Morgan fingerprint density at radius 1 is 1.17 bits per heavy atom. The Balaban J connectivity index is 1.92. The molecular formula is C14H9F4IN4O. The van der Waals surface area contributed by atoms with Gasteiger partial charge in [-0.15, -0.1) is 0 Å². The van der Waals surface area contributed by atoms with Crippen molar-refractivity contribution in [3.8, 4) is 17.1 Å². The van der Waals surface area contributed by atoms with Gasteiger partial charge in [0.1, 0.15) is 16.4 Å². The zero-order valence-electron chi connectivity index (χ0n) is 12.1. The summed E-state index contributed by atoms with van der Waals surface area (Å²) in [5.41, 5.74) is 1.51. The topological polar surface area (TPSA) is 52.3 Å². The molecule has 3 aromatic heterocycles. The molecule has 0 bridgehead atoms. The summed E-state index contributed by atoms with van der Waals surface area (Å²) in [6.07, 6.45) is -2.45. The zero-order valence-corrected chi connectivity index (χ0v) is 14.2. The summed E-state index contributed by atoms with van der Waals surface area (Å²) in [4.78, 5) is 11.9. The first-order chi connectivity index (χ1) is 11.3. The first-order valence-electron chi connectivity index (χ1n) is 6.63. The van der Waals surface area contributed by atoms with Crippen molar-refractivity contribution in [3.05, 3.63) is 40.5 Å². The van der Waals surface area contributed by atoms with E-state index in [2.05, 4.69) is 19.7 Å². The molecule has 3 aromatic rings. The number of nitrogens with zero attached hydrogens (tertiary/aromatic N) is 4. The molecule has 0 aromatic carbocycles. The lowest BCUT2D eigenvalue weighted by Gasteiger charge is -2.17. The van der Waals surface area contributed by atoms with Crippen LogP contribution in [0.5, 0.6) is 5.88 Å². The number of imidazole rings is 1. The van der Waals surface area contributed by atoms with E-state index in [4.69, 9.17) is 0 Å². The smallest absolute Gasteiger partial charge is 0.425 e. The van der Waals surface area contributed by atoms with E-state index >= 15 is 0 Å². The molecule has 1 atom stereocenters. The van der Waals surface area contributed by atoms with Crippen molar-refractivity contribution >= 4 is 28.1 Å². The molecule has 5 nitrogen and oxygen atoms in total. The molecule has 0 N–H and O–H groups in total. The molecule has 0 aliphatic rings. The lowest BCUT2D eigenvalue weighted by Crippen LogP contribution is -2.31. The third-order valence-corrected chi connectivity index (χ3v) is 4.06. The number of rotatable bonds is 3. The van der Waals surface area contributed by atoms with Crippen LogP contribution in [0, 0.1) is 9.52 Å². The van der Waals surface area contributed by atoms with Crippen molar-refractivity contribution in [1.82, 2.24) is 19.4 Å². The van der Waals surface area contributed by atoms with E-state index in [1.165, 1.54) is 12.5 Å². The molecule has 3 heterocycles. The number of fused-ring (bicyclic) bond motifs is 1. The third-order valence-electron chi connectivity index (χ3n) is 3.23. The van der Waals surface area contributed by atoms with Gasteiger partial charge in [0, 0.05) is 11.8 Å². The lowest BCUT2D eigenvalue weighted by molar-refractivity contribution is -0.190. The molecule has 126 valence electrons. The molecule has 0 saturated carbocycles. The van der Waals surface area contributed by atoms with Crippen molar-refractivity contribution in [3.63, 3.8) is 0 Å². The van der Waals surface area contributed by atoms with Gasteiger partial charge in [-0.3, -0.25) is 4.40 Å². The molecule has 0 aliphatic carbocycles. The molecule has 0 saturated heterocycles. The minimum atomic E-state index is -4.60. The molecule has 24 heavy (non-hydrogen) atoms. The van der Waals surface area contributed by atoms with Crippen LogP contribution >= 0.6 is 22.6 Å². The Morgan fingerprint density at radius 2 is 1.88 bits per heavy atom. The quantitative estimate of drug-likeness (QED) is 0.448. The van der Waals surface area contributed by atoms with E-state index in [-0.39, 0.29) is 0 Å². The second kappa shape index (κ2) is 6.15. The van der Waals surface area contributed by atoms with Crippen molar-refractivity contribution in [2.24, 2.45) is 0 Å². The van der Waals surface area contributed by atoms with Crippen LogP contribution in [-0.2, 0) is 0 Å². The predicted octanol–water partition coefficient (Wildman–Crippen LogP) is 3.86. The molecule has 0 aliphatic heterocycles. The molecule has 3 rings (SSSR count). The Hall–Kier alpha value is -1.98. The van der Waals surface area contributed by atoms with Gasteiger partial charge in [0.05, 0.1) is 11.2 Å². The van der Waals surface area contributed by atoms with Gasteiger partial charge >= 0.3 is 6.18 Å². The highest BCUT2D eigenvalue weighted by Crippen LogP contribution is 2.28. The summed E-state index contributed by atoms with van der Waals surface area (Å²) in [5, 5.41) is 0. The van der Waals surface area contributed by atoms with E-state index in [0.29, 0.717) is 11.3 Å². The standard InChI is InChI=1S/C14H9F4IN4O/c1-7(14(16,17)18)24-13-9(15)2-8(4-20-13)10-3-11-12(19)22-6-23(11)5-21-10/h2-7H,1H3/t7-/m1/s1. The third kappa shape index (κ3) is 3.28. The van der Waals surface area contributed by atoms with Gasteiger partial charge in [-0.05, 0) is 41.6 Å². The van der Waals surface area contributed by atoms with E-state index in [1.54, 1.807) is 16.8 Å². The van der Waals surface area contributed by atoms with Crippen LogP contribution in [0.25, 0.3) is 16.8 Å². The lowest BCUT2D eigenvalue weighted by atomic mass is 10.2. The summed E-state index contributed by atoms with van der Waals surface area (Å²) >= 11 is 2.05. The van der Waals surface area contributed by atoms with Crippen molar-refractivity contribution < 1.29 is 22.3 Å². The second-order valence-electron chi connectivity index (χ2n) is 4.91. The van der Waals surface area contributed by atoms with E-state index in [0.717, 1.165) is 22.2 Å². The molecule has 10 heteroatoms. The van der Waals surface area contributed by atoms with Gasteiger partial charge in [-0.2, -0.15) is 13.2 Å². The second-order valence-corrected chi connectivity index (χ2v) is 5.94. The van der Waals surface area contributed by atoms with Gasteiger partial charge in [-0.1, -0.05) is 0 Å². The summed E-state index contributed by atoms with van der Waals surface area (Å²) < 4.78 is 58.4. The van der Waals surface area contributed by atoms with E-state index in [9.17, 15) is 17.6 Å². The fourth-order valence-electron chi connectivity index (χ4n) is 1.91. The van der Waals surface area contributed by atoms with Crippen LogP contribution in [0.2, 0.25) is 0 Å². The number of hydrogen-bond donors (Lipinski definition) is 0. The first-order valence-corrected chi connectivity index (χ1v) is 7.71. The largest absolute Gasteiger partial charge is 0.463 e. The van der Waals surface area contributed by atoms with Crippen LogP contribution < -0.4 is 4.74 Å². The van der Waals surface area contributed by atoms with Gasteiger partial charge in [-0.25, -0.2) is 19.3 Å². The van der Waals surface area contributed by atoms with E-state index in [1.807, 2.05) is 22.6 Å². The van der Waals surface area contributed by atoms with Gasteiger partial charge in [0.15, 0.2) is 11.9 Å². The highest BCUT2D eigenvalue weighted by molar-refractivity contribution is 14.1. The monoisotopic (exact) mass is 452 g/mol. The zero-order chi connectivity index (χ0) is 17.5. The van der Waals surface area contributed by atoms with Crippen LogP contribution in [0.3, 0.4) is 0 Å². The number of ether oxygens (including phenoxy) is 1. The summed E-state index contributed by atoms with van der Waals surface area (Å²) in [6, 6.07) is 2.72. The van der Waals surface area contributed by atoms with Crippen LogP contribution in [-0.4, -0.2) is 31.6 Å². The van der Waals surface area contributed by atoms with Gasteiger partial charge in [0.2, 0.25) is 0 Å². The minimum Gasteiger partial charge on any atom is -0.463 e. The minimum absolute atomic E-state index is 0.319. The van der Waals surface area contributed by atoms with Gasteiger partial charge < -0.3 is 4.74 Å². The van der Waals surface area contributed by atoms with Crippen molar-refractivity contribution in [2.45, 2.75) is 19.2 Å². The molecule has 0 spiro atoms. The molecule has 0 fully saturated rings. The number of halogens is 5. The maximum absolute atomic E-state index is 14.0. The maximum atomic E-state index is 14.0. The molecule has 0 amide bonds. The SMILES string of the molecule is C[C@@H](Oc1ncc(-c2cc3c(I)ncn3cn2)cc1F)C(F)(F)F. The molecule has 0 unspecified atom stereocenters. The summed E-state index contributed by atoms with van der Waals surface area (Å²) in [7, 11) is 0. The van der Waals surface area contributed by atoms with Crippen LogP contribution in [0.1, 0.15) is 6.92 Å². The molecular weight excluding hydrogens is 443 g/mol. The highest BCUT2D eigenvalue weighted by atomic mass is 127. The number of alkyl halides is 3. The molecule has 0 radical (unpaired) electrons. The number of aromatic nitrogens is 4. The van der Waals surface area contributed by atoms with Crippen molar-refractivity contribution in [1.29, 1.82) is 0 Å². The fraction of sp³-hybridized carbons (Fsp3) is 0.214. The van der Waals surface area contributed by atoms with Gasteiger partial charge in [0.25, 0.3) is 5.88 Å². The summed E-state index contributed by atoms with van der Waals surface area (Å²) in [6.45, 7) is 0.784. The first kappa shape index (κ1) is 16.9. The summed E-state index contributed by atoms with van der Waals surface area (Å²) in [5.74, 6) is -1.70. The van der Waals surface area contributed by atoms with Crippen LogP contribution in [0.4, 0.5) is 17.6 Å². The maximum Gasteiger partial charge on any atom is 0.425 e. The number of hydrogen-bond acceptors (Lipinski definition) is 4. The Labute approximate surface area is 146 Å².